The van der Waals surface area contributed by atoms with E-state index in [1.807, 2.05) is 12.1 Å². The van der Waals surface area contributed by atoms with Gasteiger partial charge in [0.05, 0.1) is 18.6 Å². The number of carbonyl (C=O) groups excluding carboxylic acids is 1. The molecule has 3 rings (SSSR count). The molecule has 0 atom stereocenters. The van der Waals surface area contributed by atoms with Crippen LogP contribution in [0, 0.1) is 10.1 Å². The van der Waals surface area contributed by atoms with Crippen LogP contribution in [0.15, 0.2) is 48.5 Å². The second kappa shape index (κ2) is 10.4. The van der Waals surface area contributed by atoms with Gasteiger partial charge in [-0.3, -0.25) is 19.8 Å². The lowest BCUT2D eigenvalue weighted by Gasteiger charge is -2.35. The minimum Gasteiger partial charge on any atom is -0.497 e. The molecule has 0 radical (unpaired) electrons. The maximum absolute atomic E-state index is 12.2. The van der Waals surface area contributed by atoms with Crippen LogP contribution < -0.4 is 20.3 Å². The summed E-state index contributed by atoms with van der Waals surface area (Å²) in [6.45, 7) is 4.84. The van der Waals surface area contributed by atoms with Crippen LogP contribution in [0.25, 0.3) is 0 Å². The predicted octanol–water partition coefficient (Wildman–Crippen LogP) is 1.95. The first kappa shape index (κ1) is 21.4. The molecule has 1 aliphatic heterocycles. The second-order valence-corrected chi connectivity index (χ2v) is 7.04. The highest BCUT2D eigenvalue weighted by atomic mass is 16.6. The van der Waals surface area contributed by atoms with Crippen molar-refractivity contribution in [3.05, 3.63) is 58.6 Å². The fourth-order valence-electron chi connectivity index (χ4n) is 3.33. The number of nitro groups is 1. The lowest BCUT2D eigenvalue weighted by Crippen LogP contribution is -2.49. The van der Waals surface area contributed by atoms with Gasteiger partial charge in [-0.15, -0.1) is 0 Å². The maximum Gasteiger partial charge on any atom is 0.269 e. The van der Waals surface area contributed by atoms with E-state index >= 15 is 0 Å². The summed E-state index contributed by atoms with van der Waals surface area (Å²) >= 11 is 0. The SMILES string of the molecule is COc1ccc(N2CCN(CC(=O)NCCNc3ccc([N+](=O)[O-])cc3)CC2)cc1. The lowest BCUT2D eigenvalue weighted by molar-refractivity contribution is -0.384. The Kier molecular flexibility index (Phi) is 7.45. The van der Waals surface area contributed by atoms with E-state index < -0.39 is 4.92 Å². The van der Waals surface area contributed by atoms with Crippen molar-refractivity contribution in [2.45, 2.75) is 0 Å². The number of piperazine rings is 1. The molecular formula is C21H27N5O4. The third-order valence-corrected chi connectivity index (χ3v) is 5.03. The van der Waals surface area contributed by atoms with Crippen LogP contribution in [0.1, 0.15) is 0 Å². The Morgan fingerprint density at radius 2 is 1.70 bits per heavy atom. The summed E-state index contributed by atoms with van der Waals surface area (Å²) < 4.78 is 5.20. The summed E-state index contributed by atoms with van der Waals surface area (Å²) in [7, 11) is 1.66. The van der Waals surface area contributed by atoms with Crippen LogP contribution in [0.2, 0.25) is 0 Å². The van der Waals surface area contributed by atoms with E-state index in [2.05, 4.69) is 32.6 Å². The highest BCUT2D eigenvalue weighted by Gasteiger charge is 2.19. The molecule has 0 saturated carbocycles. The minimum absolute atomic E-state index is 0.00148. The fraction of sp³-hybridized carbons (Fsp3) is 0.381. The maximum atomic E-state index is 12.2. The van der Waals surface area contributed by atoms with Gasteiger partial charge in [-0.1, -0.05) is 0 Å². The predicted molar refractivity (Wildman–Crippen MR) is 116 cm³/mol. The van der Waals surface area contributed by atoms with Crippen molar-refractivity contribution in [1.29, 1.82) is 0 Å². The van der Waals surface area contributed by atoms with Crippen molar-refractivity contribution >= 4 is 23.0 Å². The van der Waals surface area contributed by atoms with Gasteiger partial charge < -0.3 is 20.3 Å². The molecule has 1 amide bonds. The van der Waals surface area contributed by atoms with Gasteiger partial charge in [-0.05, 0) is 36.4 Å². The van der Waals surface area contributed by atoms with Crippen LogP contribution >= 0.6 is 0 Å². The van der Waals surface area contributed by atoms with Gasteiger partial charge in [0.2, 0.25) is 5.91 Å². The van der Waals surface area contributed by atoms with Gasteiger partial charge in [0, 0.05) is 62.8 Å². The average Bonchev–Trinajstić information content (AvgIpc) is 2.77. The van der Waals surface area contributed by atoms with E-state index in [-0.39, 0.29) is 11.6 Å². The van der Waals surface area contributed by atoms with Crippen molar-refractivity contribution in [3.63, 3.8) is 0 Å². The number of nitrogens with zero attached hydrogens (tertiary/aromatic N) is 3. The summed E-state index contributed by atoms with van der Waals surface area (Å²) in [4.78, 5) is 26.9. The summed E-state index contributed by atoms with van der Waals surface area (Å²) in [5.74, 6) is 0.843. The van der Waals surface area contributed by atoms with E-state index in [0.29, 0.717) is 19.6 Å². The molecule has 1 saturated heterocycles. The number of carbonyl (C=O) groups is 1. The van der Waals surface area contributed by atoms with Crippen LogP contribution in [0.3, 0.4) is 0 Å². The first-order chi connectivity index (χ1) is 14.5. The quantitative estimate of drug-likeness (QED) is 0.368. The number of nitrogens with one attached hydrogen (secondary N) is 2. The Morgan fingerprint density at radius 3 is 2.30 bits per heavy atom. The van der Waals surface area contributed by atoms with Crippen LogP contribution in [0.4, 0.5) is 17.1 Å². The molecule has 1 heterocycles. The number of methoxy groups -OCH3 is 1. The Balaban J connectivity index is 1.32. The highest BCUT2D eigenvalue weighted by molar-refractivity contribution is 5.78. The van der Waals surface area contributed by atoms with Crippen molar-refractivity contribution in [2.24, 2.45) is 0 Å². The second-order valence-electron chi connectivity index (χ2n) is 7.04. The van der Waals surface area contributed by atoms with Crippen LogP contribution in [-0.4, -0.2) is 68.7 Å². The van der Waals surface area contributed by atoms with Gasteiger partial charge in [0.1, 0.15) is 5.75 Å². The monoisotopic (exact) mass is 413 g/mol. The summed E-state index contributed by atoms with van der Waals surface area (Å²) in [5.41, 5.74) is 2.00. The van der Waals surface area contributed by atoms with Gasteiger partial charge >= 0.3 is 0 Å². The number of hydrogen-bond donors (Lipinski definition) is 2. The number of rotatable bonds is 9. The smallest absolute Gasteiger partial charge is 0.269 e. The number of benzene rings is 2. The third kappa shape index (κ3) is 6.08. The summed E-state index contributed by atoms with van der Waals surface area (Å²) in [6.07, 6.45) is 0. The zero-order valence-corrected chi connectivity index (χ0v) is 17.0. The molecule has 9 nitrogen and oxygen atoms in total. The van der Waals surface area contributed by atoms with Crippen molar-refractivity contribution in [2.75, 3.05) is 63.1 Å². The minimum atomic E-state index is -0.430. The largest absolute Gasteiger partial charge is 0.497 e. The molecule has 1 fully saturated rings. The third-order valence-electron chi connectivity index (χ3n) is 5.03. The van der Waals surface area contributed by atoms with E-state index in [1.54, 1.807) is 19.2 Å². The van der Waals surface area contributed by atoms with E-state index in [9.17, 15) is 14.9 Å². The molecule has 30 heavy (non-hydrogen) atoms. The molecule has 0 bridgehead atoms. The summed E-state index contributed by atoms with van der Waals surface area (Å²) in [6, 6.07) is 14.2. The zero-order chi connectivity index (χ0) is 21.3. The van der Waals surface area contributed by atoms with Crippen LogP contribution in [0.5, 0.6) is 5.75 Å². The molecule has 0 spiro atoms. The number of ether oxygens (including phenoxy) is 1. The number of non-ortho nitro benzene ring substituents is 1. The molecule has 0 aliphatic carbocycles. The van der Waals surface area contributed by atoms with E-state index in [1.165, 1.54) is 12.1 Å². The average molecular weight is 413 g/mol. The zero-order valence-electron chi connectivity index (χ0n) is 17.0. The lowest BCUT2D eigenvalue weighted by atomic mass is 10.2. The van der Waals surface area contributed by atoms with E-state index in [4.69, 9.17) is 4.74 Å². The number of anilines is 2. The van der Waals surface area contributed by atoms with Gasteiger partial charge in [0.25, 0.3) is 5.69 Å². The summed E-state index contributed by atoms with van der Waals surface area (Å²) in [5, 5.41) is 16.7. The molecule has 2 N–H and O–H groups in total. The number of amides is 1. The van der Waals surface area contributed by atoms with Crippen molar-refractivity contribution in [3.8, 4) is 5.75 Å². The van der Waals surface area contributed by atoms with Crippen molar-refractivity contribution in [1.82, 2.24) is 10.2 Å². The standard InChI is InChI=1S/C21H27N5O4/c1-30-20-8-6-18(7-9-20)25-14-12-24(13-15-25)16-21(27)23-11-10-22-17-2-4-19(5-3-17)26(28)29/h2-9,22H,10-16H2,1H3,(H,23,27). The van der Waals surface area contributed by atoms with Crippen LogP contribution in [-0.2, 0) is 4.79 Å². The topological polar surface area (TPSA) is 100.0 Å². The highest BCUT2D eigenvalue weighted by Crippen LogP contribution is 2.20. The first-order valence-electron chi connectivity index (χ1n) is 9.91. The number of nitro benzene ring substituents is 1. The fourth-order valence-corrected chi connectivity index (χ4v) is 3.33. The Bertz CT molecular complexity index is 833. The molecule has 0 aromatic heterocycles. The molecule has 9 heteroatoms. The van der Waals surface area contributed by atoms with Gasteiger partial charge in [-0.25, -0.2) is 0 Å². The molecule has 0 unspecified atom stereocenters. The number of hydrogen-bond acceptors (Lipinski definition) is 7. The van der Waals surface area contributed by atoms with Crippen molar-refractivity contribution < 1.29 is 14.5 Å². The van der Waals surface area contributed by atoms with E-state index in [0.717, 1.165) is 43.3 Å². The molecule has 2 aromatic rings. The normalized spacial score (nSPS) is 14.2. The molecule has 1 aliphatic rings. The molecular weight excluding hydrogens is 386 g/mol. The van der Waals surface area contributed by atoms with Gasteiger partial charge in [0.15, 0.2) is 0 Å². The van der Waals surface area contributed by atoms with Gasteiger partial charge in [-0.2, -0.15) is 0 Å². The Hall–Kier alpha value is -3.33. The first-order valence-corrected chi connectivity index (χ1v) is 9.91. The Labute approximate surface area is 175 Å². The Morgan fingerprint density at radius 1 is 1.03 bits per heavy atom. The molecule has 160 valence electrons. The molecule has 2 aromatic carbocycles.